The number of hydrogen-bond acceptors (Lipinski definition) is 7. The largest absolute Gasteiger partial charge is 0.416 e. The summed E-state index contributed by atoms with van der Waals surface area (Å²) in [6, 6.07) is 11.4. The number of nitrogens with zero attached hydrogens (tertiary/aromatic N) is 5. The summed E-state index contributed by atoms with van der Waals surface area (Å²) in [6.07, 6.45) is -1.13. The zero-order valence-corrected chi connectivity index (χ0v) is 18.2. The lowest BCUT2D eigenvalue weighted by Crippen LogP contribution is -2.49. The smallest absolute Gasteiger partial charge is 0.352 e. The van der Waals surface area contributed by atoms with Gasteiger partial charge in [0, 0.05) is 44.3 Å². The van der Waals surface area contributed by atoms with Crippen LogP contribution in [0.25, 0.3) is 0 Å². The molecule has 0 atom stereocenters. The number of alkyl halides is 3. The Kier molecular flexibility index (Phi) is 6.47. The number of sulfonamides is 1. The van der Waals surface area contributed by atoms with Crippen LogP contribution in [0, 0.1) is 0 Å². The second-order valence-corrected chi connectivity index (χ2v) is 9.44. The first-order chi connectivity index (χ1) is 15.7. The number of hydrogen-bond donors (Lipinski definition) is 1. The van der Waals surface area contributed by atoms with Crippen molar-refractivity contribution in [3.63, 3.8) is 0 Å². The van der Waals surface area contributed by atoms with Gasteiger partial charge in [0.1, 0.15) is 0 Å². The summed E-state index contributed by atoms with van der Waals surface area (Å²) in [6.45, 7) is 1.36. The van der Waals surface area contributed by atoms with E-state index in [1.54, 1.807) is 30.6 Å². The van der Waals surface area contributed by atoms with Gasteiger partial charge in [-0.2, -0.15) is 17.5 Å². The lowest BCUT2D eigenvalue weighted by Gasteiger charge is -2.34. The molecule has 0 bridgehead atoms. The Morgan fingerprint density at radius 1 is 0.879 bits per heavy atom. The van der Waals surface area contributed by atoms with Crippen LogP contribution >= 0.6 is 0 Å². The molecule has 0 unspecified atom stereocenters. The SMILES string of the molecule is O=S(=O)(Cc1ccc(C(F)(F)F)cc1)N1CCN(c2ccc(Nc3ccncc3)nn2)CC1. The molecular weight excluding hydrogens is 457 g/mol. The fourth-order valence-corrected chi connectivity index (χ4v) is 4.95. The van der Waals surface area contributed by atoms with Gasteiger partial charge in [0.05, 0.1) is 11.3 Å². The van der Waals surface area contributed by atoms with Crippen molar-refractivity contribution in [1.82, 2.24) is 19.5 Å². The highest BCUT2D eigenvalue weighted by atomic mass is 32.2. The highest BCUT2D eigenvalue weighted by Crippen LogP contribution is 2.29. The molecule has 4 rings (SSSR count). The number of aromatic nitrogens is 3. The number of piperazine rings is 1. The Bertz CT molecular complexity index is 1170. The highest BCUT2D eigenvalue weighted by Gasteiger charge is 2.31. The van der Waals surface area contributed by atoms with Crippen molar-refractivity contribution in [2.24, 2.45) is 0 Å². The maximum Gasteiger partial charge on any atom is 0.416 e. The molecule has 3 heterocycles. The van der Waals surface area contributed by atoms with Gasteiger partial charge >= 0.3 is 6.18 Å². The van der Waals surface area contributed by atoms with Gasteiger partial charge in [0.15, 0.2) is 11.6 Å². The van der Waals surface area contributed by atoms with Gasteiger partial charge < -0.3 is 10.2 Å². The van der Waals surface area contributed by atoms with Gasteiger partial charge in [-0.1, -0.05) is 12.1 Å². The van der Waals surface area contributed by atoms with E-state index in [0.29, 0.717) is 30.3 Å². The molecule has 174 valence electrons. The summed E-state index contributed by atoms with van der Waals surface area (Å²) >= 11 is 0. The summed E-state index contributed by atoms with van der Waals surface area (Å²) in [5.41, 5.74) is 0.341. The first-order valence-corrected chi connectivity index (χ1v) is 11.7. The molecule has 33 heavy (non-hydrogen) atoms. The standard InChI is InChI=1S/C21H21F3N6O2S/c22-21(23,24)17-3-1-16(2-4-17)15-33(31,32)30-13-11-29(12-14-30)20-6-5-19(27-28-20)26-18-7-9-25-10-8-18/h1-10H,11-15H2,(H,25,26,27). The van der Waals surface area contributed by atoms with E-state index in [4.69, 9.17) is 0 Å². The molecule has 1 fully saturated rings. The first kappa shape index (κ1) is 22.9. The molecule has 0 saturated carbocycles. The van der Waals surface area contributed by atoms with Gasteiger partial charge in [-0.3, -0.25) is 4.98 Å². The molecule has 3 aromatic rings. The molecule has 0 amide bonds. The number of benzene rings is 1. The molecule has 0 spiro atoms. The zero-order valence-electron chi connectivity index (χ0n) is 17.4. The van der Waals surface area contributed by atoms with Gasteiger partial charge in [-0.15, -0.1) is 10.2 Å². The Labute approximate surface area is 189 Å². The van der Waals surface area contributed by atoms with Crippen molar-refractivity contribution < 1.29 is 21.6 Å². The summed E-state index contributed by atoms with van der Waals surface area (Å²) in [5.74, 6) is 0.859. The van der Waals surface area contributed by atoms with Crippen molar-refractivity contribution in [3.05, 3.63) is 72.1 Å². The average molecular weight is 479 g/mol. The van der Waals surface area contributed by atoms with Gasteiger partial charge in [0.2, 0.25) is 10.0 Å². The fourth-order valence-electron chi connectivity index (χ4n) is 3.43. The number of pyridine rings is 1. The number of rotatable bonds is 6. The van der Waals surface area contributed by atoms with E-state index in [0.717, 1.165) is 17.8 Å². The molecule has 1 saturated heterocycles. The second-order valence-electron chi connectivity index (χ2n) is 7.47. The minimum Gasteiger partial charge on any atom is -0.352 e. The molecule has 8 nitrogen and oxygen atoms in total. The quantitative estimate of drug-likeness (QED) is 0.581. The van der Waals surface area contributed by atoms with Crippen LogP contribution in [-0.2, 0) is 22.0 Å². The Balaban J connectivity index is 1.33. The lowest BCUT2D eigenvalue weighted by molar-refractivity contribution is -0.137. The molecule has 1 aliphatic rings. The second kappa shape index (κ2) is 9.32. The number of anilines is 3. The Hall–Kier alpha value is -3.25. The third-order valence-corrected chi connectivity index (χ3v) is 7.04. The molecule has 12 heteroatoms. The molecule has 0 radical (unpaired) electrons. The minimum absolute atomic E-state index is 0.252. The molecule has 2 aromatic heterocycles. The van der Waals surface area contributed by atoms with Crippen LogP contribution in [0.5, 0.6) is 0 Å². The van der Waals surface area contributed by atoms with Crippen LogP contribution in [0.2, 0.25) is 0 Å². The number of halogens is 3. The molecule has 1 N–H and O–H groups in total. The summed E-state index contributed by atoms with van der Waals surface area (Å²) < 4.78 is 64.9. The zero-order chi connectivity index (χ0) is 23.5. The van der Waals surface area contributed by atoms with E-state index in [2.05, 4.69) is 20.5 Å². The fraction of sp³-hybridized carbons (Fsp3) is 0.286. The van der Waals surface area contributed by atoms with E-state index in [1.807, 2.05) is 11.0 Å². The molecular formula is C21H21F3N6O2S. The van der Waals surface area contributed by atoms with E-state index in [-0.39, 0.29) is 18.8 Å². The molecule has 1 aromatic carbocycles. The van der Waals surface area contributed by atoms with Crippen LogP contribution in [0.3, 0.4) is 0 Å². The van der Waals surface area contributed by atoms with Crippen LogP contribution < -0.4 is 10.2 Å². The van der Waals surface area contributed by atoms with Crippen molar-refractivity contribution in [3.8, 4) is 0 Å². The Morgan fingerprint density at radius 2 is 1.55 bits per heavy atom. The van der Waals surface area contributed by atoms with E-state index in [9.17, 15) is 21.6 Å². The normalized spacial score (nSPS) is 15.4. The third-order valence-electron chi connectivity index (χ3n) is 5.19. The van der Waals surface area contributed by atoms with Crippen LogP contribution in [0.15, 0.2) is 60.9 Å². The van der Waals surface area contributed by atoms with Crippen LogP contribution in [0.4, 0.5) is 30.5 Å². The molecule has 1 aliphatic heterocycles. The first-order valence-electron chi connectivity index (χ1n) is 10.1. The van der Waals surface area contributed by atoms with Crippen molar-refractivity contribution >= 4 is 27.3 Å². The van der Waals surface area contributed by atoms with E-state index in [1.165, 1.54) is 16.4 Å². The Morgan fingerprint density at radius 3 is 2.12 bits per heavy atom. The van der Waals surface area contributed by atoms with Crippen LogP contribution in [-0.4, -0.2) is 54.1 Å². The average Bonchev–Trinajstić information content (AvgIpc) is 2.80. The minimum atomic E-state index is -4.45. The third kappa shape index (κ3) is 5.76. The van der Waals surface area contributed by atoms with Gasteiger partial charge in [-0.05, 0) is 42.0 Å². The topological polar surface area (TPSA) is 91.3 Å². The highest BCUT2D eigenvalue weighted by molar-refractivity contribution is 7.88. The van der Waals surface area contributed by atoms with Crippen molar-refractivity contribution in [1.29, 1.82) is 0 Å². The van der Waals surface area contributed by atoms with Crippen molar-refractivity contribution in [2.75, 3.05) is 36.4 Å². The predicted octanol–water partition coefficient (Wildman–Crippen LogP) is 3.29. The van der Waals surface area contributed by atoms with E-state index < -0.39 is 21.8 Å². The summed E-state index contributed by atoms with van der Waals surface area (Å²) in [4.78, 5) is 5.89. The maximum absolute atomic E-state index is 12.7. The van der Waals surface area contributed by atoms with Gasteiger partial charge in [-0.25, -0.2) is 8.42 Å². The predicted molar refractivity (Wildman–Crippen MR) is 117 cm³/mol. The van der Waals surface area contributed by atoms with Crippen molar-refractivity contribution in [2.45, 2.75) is 11.9 Å². The van der Waals surface area contributed by atoms with Crippen LogP contribution in [0.1, 0.15) is 11.1 Å². The maximum atomic E-state index is 12.7. The number of nitrogens with one attached hydrogen (secondary N) is 1. The van der Waals surface area contributed by atoms with E-state index >= 15 is 0 Å². The molecule has 0 aliphatic carbocycles. The summed E-state index contributed by atoms with van der Waals surface area (Å²) in [7, 11) is -3.66. The lowest BCUT2D eigenvalue weighted by atomic mass is 10.1. The summed E-state index contributed by atoms with van der Waals surface area (Å²) in [5, 5.41) is 11.5. The van der Waals surface area contributed by atoms with Gasteiger partial charge in [0.25, 0.3) is 0 Å². The monoisotopic (exact) mass is 478 g/mol.